The number of amides is 2. The van der Waals surface area contributed by atoms with E-state index in [1.165, 1.54) is 19.1 Å². The van der Waals surface area contributed by atoms with E-state index < -0.39 is 4.92 Å². The minimum Gasteiger partial charge on any atom is -0.326 e. The number of hydrogen-bond acceptors (Lipinski definition) is 4. The highest BCUT2D eigenvalue weighted by molar-refractivity contribution is 5.94. The molecule has 0 aliphatic heterocycles. The minimum atomic E-state index is -0.489. The number of nitro benzene ring substituents is 1. The highest BCUT2D eigenvalue weighted by Crippen LogP contribution is 2.16. The molecule has 0 saturated heterocycles. The van der Waals surface area contributed by atoms with Gasteiger partial charge in [-0.05, 0) is 23.8 Å². The van der Waals surface area contributed by atoms with Crippen molar-refractivity contribution in [2.24, 2.45) is 0 Å². The van der Waals surface area contributed by atoms with E-state index in [1.54, 1.807) is 36.4 Å². The van der Waals surface area contributed by atoms with Crippen molar-refractivity contribution in [3.8, 4) is 0 Å². The van der Waals surface area contributed by atoms with Gasteiger partial charge in [-0.15, -0.1) is 0 Å². The molecule has 2 rings (SSSR count). The Bertz CT molecular complexity index is 741. The zero-order valence-electron chi connectivity index (χ0n) is 12.4. The van der Waals surface area contributed by atoms with Gasteiger partial charge in [0.05, 0.1) is 11.3 Å². The molecule has 0 spiro atoms. The van der Waals surface area contributed by atoms with Crippen LogP contribution in [0.1, 0.15) is 12.5 Å². The third-order valence-corrected chi connectivity index (χ3v) is 2.98. The van der Waals surface area contributed by atoms with E-state index in [0.29, 0.717) is 16.9 Å². The first-order valence-corrected chi connectivity index (χ1v) is 6.85. The first-order valence-electron chi connectivity index (χ1n) is 6.85. The predicted octanol–water partition coefficient (Wildman–Crippen LogP) is 2.73. The lowest BCUT2D eigenvalue weighted by Gasteiger charge is -2.08. The van der Waals surface area contributed by atoms with E-state index in [9.17, 15) is 19.7 Å². The number of nitrogens with zero attached hydrogens (tertiary/aromatic N) is 1. The number of nitrogens with one attached hydrogen (secondary N) is 2. The number of benzene rings is 2. The monoisotopic (exact) mass is 313 g/mol. The summed E-state index contributed by atoms with van der Waals surface area (Å²) in [5.41, 5.74) is 1.80. The number of rotatable bonds is 5. The molecule has 118 valence electrons. The molecule has 0 fully saturated rings. The summed E-state index contributed by atoms with van der Waals surface area (Å²) >= 11 is 0. The van der Waals surface area contributed by atoms with Crippen LogP contribution in [0.3, 0.4) is 0 Å². The van der Waals surface area contributed by atoms with Crippen molar-refractivity contribution in [2.75, 3.05) is 10.6 Å². The fourth-order valence-electron chi connectivity index (χ4n) is 2.00. The number of non-ortho nitro benzene ring substituents is 1. The largest absolute Gasteiger partial charge is 0.326 e. The fraction of sp³-hybridized carbons (Fsp3) is 0.125. The summed E-state index contributed by atoms with van der Waals surface area (Å²) in [5, 5.41) is 15.9. The van der Waals surface area contributed by atoms with Crippen LogP contribution < -0.4 is 10.6 Å². The van der Waals surface area contributed by atoms with Gasteiger partial charge in [0.15, 0.2) is 0 Å². The standard InChI is InChI=1S/C16H15N3O4/c1-11(20)17-13-3-2-4-14(10-13)18-16(21)9-12-5-7-15(8-6-12)19(22)23/h2-8,10H,9H2,1H3,(H,17,20)(H,18,21). The van der Waals surface area contributed by atoms with Crippen molar-refractivity contribution in [2.45, 2.75) is 13.3 Å². The van der Waals surface area contributed by atoms with Gasteiger partial charge in [0, 0.05) is 30.4 Å². The lowest BCUT2D eigenvalue weighted by molar-refractivity contribution is -0.384. The molecule has 2 N–H and O–H groups in total. The van der Waals surface area contributed by atoms with Crippen molar-refractivity contribution >= 4 is 28.9 Å². The van der Waals surface area contributed by atoms with E-state index in [1.807, 2.05) is 0 Å². The third-order valence-electron chi connectivity index (χ3n) is 2.98. The molecule has 7 nitrogen and oxygen atoms in total. The van der Waals surface area contributed by atoms with E-state index in [0.717, 1.165) is 0 Å². The SMILES string of the molecule is CC(=O)Nc1cccc(NC(=O)Cc2ccc([N+](=O)[O-])cc2)c1. The smallest absolute Gasteiger partial charge is 0.269 e. The molecule has 7 heteroatoms. The van der Waals surface area contributed by atoms with Crippen LogP contribution in [-0.2, 0) is 16.0 Å². The summed E-state index contributed by atoms with van der Waals surface area (Å²) < 4.78 is 0. The summed E-state index contributed by atoms with van der Waals surface area (Å²) in [7, 11) is 0. The molecule has 0 radical (unpaired) electrons. The molecule has 0 aromatic heterocycles. The number of nitro groups is 1. The van der Waals surface area contributed by atoms with Crippen LogP contribution in [0.4, 0.5) is 17.1 Å². The van der Waals surface area contributed by atoms with Gasteiger partial charge < -0.3 is 10.6 Å². The zero-order chi connectivity index (χ0) is 16.8. The average Bonchev–Trinajstić information content (AvgIpc) is 2.47. The molecule has 0 atom stereocenters. The van der Waals surface area contributed by atoms with Crippen LogP contribution in [0.2, 0.25) is 0 Å². The summed E-state index contributed by atoms with van der Waals surface area (Å²) in [6.45, 7) is 1.40. The summed E-state index contributed by atoms with van der Waals surface area (Å²) in [5.74, 6) is -0.446. The molecule has 2 amide bonds. The van der Waals surface area contributed by atoms with Crippen molar-refractivity contribution < 1.29 is 14.5 Å². The van der Waals surface area contributed by atoms with Crippen LogP contribution in [0, 0.1) is 10.1 Å². The number of carbonyl (C=O) groups is 2. The van der Waals surface area contributed by atoms with Crippen LogP contribution in [-0.4, -0.2) is 16.7 Å². The topological polar surface area (TPSA) is 101 Å². The van der Waals surface area contributed by atoms with Crippen molar-refractivity contribution in [3.05, 3.63) is 64.2 Å². The molecule has 0 aliphatic rings. The molecular weight excluding hydrogens is 298 g/mol. The highest BCUT2D eigenvalue weighted by atomic mass is 16.6. The van der Waals surface area contributed by atoms with Crippen LogP contribution >= 0.6 is 0 Å². The summed E-state index contributed by atoms with van der Waals surface area (Å²) in [4.78, 5) is 33.1. The minimum absolute atomic E-state index is 0.0165. The fourth-order valence-corrected chi connectivity index (χ4v) is 2.00. The Morgan fingerprint density at radius 1 is 1.04 bits per heavy atom. The van der Waals surface area contributed by atoms with E-state index in [4.69, 9.17) is 0 Å². The van der Waals surface area contributed by atoms with Crippen molar-refractivity contribution in [3.63, 3.8) is 0 Å². The highest BCUT2D eigenvalue weighted by Gasteiger charge is 2.08. The number of carbonyl (C=O) groups excluding carboxylic acids is 2. The summed E-state index contributed by atoms with van der Waals surface area (Å²) in [6.07, 6.45) is 0.0996. The van der Waals surface area contributed by atoms with E-state index in [2.05, 4.69) is 10.6 Å². The van der Waals surface area contributed by atoms with Crippen LogP contribution in [0.25, 0.3) is 0 Å². The molecule has 23 heavy (non-hydrogen) atoms. The van der Waals surface area contributed by atoms with E-state index in [-0.39, 0.29) is 23.9 Å². The van der Waals surface area contributed by atoms with Gasteiger partial charge in [-0.2, -0.15) is 0 Å². The Balaban J connectivity index is 1.99. The van der Waals surface area contributed by atoms with Gasteiger partial charge >= 0.3 is 0 Å². The maximum absolute atomic E-state index is 12.0. The normalized spacial score (nSPS) is 9.96. The quantitative estimate of drug-likeness (QED) is 0.654. The number of hydrogen-bond donors (Lipinski definition) is 2. The average molecular weight is 313 g/mol. The maximum atomic E-state index is 12.0. The molecular formula is C16H15N3O4. The van der Waals surface area contributed by atoms with Gasteiger partial charge in [-0.25, -0.2) is 0 Å². The molecule has 0 heterocycles. The second-order valence-electron chi connectivity index (χ2n) is 4.91. The zero-order valence-corrected chi connectivity index (χ0v) is 12.4. The van der Waals surface area contributed by atoms with Crippen molar-refractivity contribution in [1.29, 1.82) is 0 Å². The van der Waals surface area contributed by atoms with Gasteiger partial charge in [-0.1, -0.05) is 18.2 Å². The van der Waals surface area contributed by atoms with Crippen LogP contribution in [0.5, 0.6) is 0 Å². The van der Waals surface area contributed by atoms with Gasteiger partial charge in [0.2, 0.25) is 11.8 Å². The second kappa shape index (κ2) is 7.17. The lowest BCUT2D eigenvalue weighted by Crippen LogP contribution is -2.14. The Kier molecular flexibility index (Phi) is 5.03. The molecule has 0 unspecified atom stereocenters. The maximum Gasteiger partial charge on any atom is 0.269 e. The van der Waals surface area contributed by atoms with E-state index >= 15 is 0 Å². The Morgan fingerprint density at radius 2 is 1.65 bits per heavy atom. The summed E-state index contributed by atoms with van der Waals surface area (Å²) in [6, 6.07) is 12.6. The van der Waals surface area contributed by atoms with Crippen molar-refractivity contribution in [1.82, 2.24) is 0 Å². The second-order valence-corrected chi connectivity index (χ2v) is 4.91. The molecule has 2 aromatic rings. The van der Waals surface area contributed by atoms with Gasteiger partial charge in [0.25, 0.3) is 5.69 Å². The third kappa shape index (κ3) is 4.92. The van der Waals surface area contributed by atoms with Crippen LogP contribution in [0.15, 0.2) is 48.5 Å². The molecule has 0 aliphatic carbocycles. The first kappa shape index (κ1) is 16.2. The van der Waals surface area contributed by atoms with Gasteiger partial charge in [-0.3, -0.25) is 19.7 Å². The lowest BCUT2D eigenvalue weighted by atomic mass is 10.1. The molecule has 0 bridgehead atoms. The Labute approximate surface area is 132 Å². The number of anilines is 2. The molecule has 2 aromatic carbocycles. The predicted molar refractivity (Wildman–Crippen MR) is 86.2 cm³/mol. The Morgan fingerprint density at radius 3 is 2.22 bits per heavy atom. The molecule has 0 saturated carbocycles. The first-order chi connectivity index (χ1) is 10.9. The Hall–Kier alpha value is -3.22. The van der Waals surface area contributed by atoms with Gasteiger partial charge in [0.1, 0.15) is 0 Å².